The van der Waals surface area contributed by atoms with E-state index < -0.39 is 0 Å². The molecule has 1 atom stereocenters. The lowest BCUT2D eigenvalue weighted by Crippen LogP contribution is -2.29. The summed E-state index contributed by atoms with van der Waals surface area (Å²) in [5, 5.41) is 3.11. The van der Waals surface area contributed by atoms with Gasteiger partial charge in [0.15, 0.2) is 11.5 Å². The highest BCUT2D eigenvalue weighted by atomic mass is 32.2. The molecule has 0 heterocycles. The van der Waals surface area contributed by atoms with E-state index in [1.165, 1.54) is 11.1 Å². The van der Waals surface area contributed by atoms with Crippen LogP contribution < -0.4 is 14.8 Å². The van der Waals surface area contributed by atoms with Crippen LogP contribution in [-0.4, -0.2) is 25.9 Å². The van der Waals surface area contributed by atoms with E-state index in [4.69, 9.17) is 9.47 Å². The van der Waals surface area contributed by atoms with Crippen molar-refractivity contribution < 1.29 is 14.3 Å². The molecule has 1 N–H and O–H groups in total. The van der Waals surface area contributed by atoms with E-state index >= 15 is 0 Å². The van der Waals surface area contributed by atoms with Gasteiger partial charge in [-0.15, -0.1) is 11.8 Å². The molecule has 0 aliphatic carbocycles. The zero-order chi connectivity index (χ0) is 18.9. The molecule has 0 radical (unpaired) electrons. The zero-order valence-corrected chi connectivity index (χ0v) is 16.7. The normalized spacial score (nSPS) is 11.7. The molecule has 4 nitrogen and oxygen atoms in total. The molecular weight excluding hydrogens is 346 g/mol. The Kier molecular flexibility index (Phi) is 7.85. The molecule has 26 heavy (non-hydrogen) atoms. The van der Waals surface area contributed by atoms with Crippen LogP contribution in [0, 0.1) is 6.92 Å². The van der Waals surface area contributed by atoms with Crippen LogP contribution in [0.15, 0.2) is 42.5 Å². The smallest absolute Gasteiger partial charge is 0.230 e. The summed E-state index contributed by atoms with van der Waals surface area (Å²) in [5.41, 5.74) is 3.50. The predicted octanol–water partition coefficient (Wildman–Crippen LogP) is 4.51. The van der Waals surface area contributed by atoms with Crippen LogP contribution in [0.4, 0.5) is 0 Å². The zero-order valence-electron chi connectivity index (χ0n) is 15.9. The first-order valence-electron chi connectivity index (χ1n) is 8.72. The van der Waals surface area contributed by atoms with Gasteiger partial charge < -0.3 is 14.8 Å². The molecular formula is C21H27NO3S. The Morgan fingerprint density at radius 2 is 1.77 bits per heavy atom. The van der Waals surface area contributed by atoms with E-state index in [1.54, 1.807) is 26.0 Å². The second-order valence-corrected chi connectivity index (χ2v) is 7.11. The molecule has 1 amide bonds. The van der Waals surface area contributed by atoms with Crippen molar-refractivity contribution in [1.29, 1.82) is 0 Å². The Bertz CT molecular complexity index is 716. The summed E-state index contributed by atoms with van der Waals surface area (Å²) in [6, 6.07) is 14.1. The summed E-state index contributed by atoms with van der Waals surface area (Å²) < 4.78 is 10.6. The molecule has 0 saturated heterocycles. The molecule has 2 aromatic rings. The van der Waals surface area contributed by atoms with Crippen molar-refractivity contribution in [2.45, 2.75) is 32.1 Å². The number of carbonyl (C=O) groups excluding carboxylic acids is 1. The molecule has 0 bridgehead atoms. The standard InChI is InChI=1S/C21H27NO3S/c1-5-18(17-10-11-19(24-3)20(12-17)25-4)22-21(23)14-26-13-16-8-6-15(2)7-9-16/h6-12,18H,5,13-14H2,1-4H3,(H,22,23)/t18-/m0/s1. The summed E-state index contributed by atoms with van der Waals surface area (Å²) in [7, 11) is 3.23. The lowest BCUT2D eigenvalue weighted by atomic mass is 10.0. The molecule has 0 fully saturated rings. The number of nitrogens with one attached hydrogen (secondary N) is 1. The van der Waals surface area contributed by atoms with Gasteiger partial charge in [0.05, 0.1) is 26.0 Å². The van der Waals surface area contributed by atoms with Gasteiger partial charge in [0, 0.05) is 5.75 Å². The minimum Gasteiger partial charge on any atom is -0.493 e. The number of hydrogen-bond donors (Lipinski definition) is 1. The fourth-order valence-corrected chi connectivity index (χ4v) is 3.47. The predicted molar refractivity (Wildman–Crippen MR) is 108 cm³/mol. The third-order valence-corrected chi connectivity index (χ3v) is 5.18. The van der Waals surface area contributed by atoms with E-state index in [1.807, 2.05) is 18.2 Å². The van der Waals surface area contributed by atoms with Crippen molar-refractivity contribution in [1.82, 2.24) is 5.32 Å². The average Bonchev–Trinajstić information content (AvgIpc) is 2.67. The van der Waals surface area contributed by atoms with Gasteiger partial charge in [0.1, 0.15) is 0 Å². The van der Waals surface area contributed by atoms with Crippen LogP contribution in [0.1, 0.15) is 36.1 Å². The van der Waals surface area contributed by atoms with Crippen molar-refractivity contribution >= 4 is 17.7 Å². The third kappa shape index (κ3) is 5.70. The monoisotopic (exact) mass is 373 g/mol. The van der Waals surface area contributed by atoms with Gasteiger partial charge in [-0.2, -0.15) is 0 Å². The number of methoxy groups -OCH3 is 2. The highest BCUT2D eigenvalue weighted by Crippen LogP contribution is 2.30. The van der Waals surface area contributed by atoms with Gasteiger partial charge in [-0.05, 0) is 36.6 Å². The van der Waals surface area contributed by atoms with E-state index in [0.29, 0.717) is 17.3 Å². The summed E-state index contributed by atoms with van der Waals surface area (Å²) in [6.07, 6.45) is 0.809. The molecule has 0 aromatic heterocycles. The van der Waals surface area contributed by atoms with Crippen LogP contribution in [0.25, 0.3) is 0 Å². The van der Waals surface area contributed by atoms with E-state index in [-0.39, 0.29) is 11.9 Å². The average molecular weight is 374 g/mol. The van der Waals surface area contributed by atoms with Crippen LogP contribution in [0.5, 0.6) is 11.5 Å². The molecule has 5 heteroatoms. The van der Waals surface area contributed by atoms with Gasteiger partial charge in [0.2, 0.25) is 5.91 Å². The van der Waals surface area contributed by atoms with E-state index in [9.17, 15) is 4.79 Å². The maximum absolute atomic E-state index is 12.3. The van der Waals surface area contributed by atoms with E-state index in [0.717, 1.165) is 17.7 Å². The van der Waals surface area contributed by atoms with Crippen LogP contribution >= 0.6 is 11.8 Å². The highest BCUT2D eigenvalue weighted by molar-refractivity contribution is 7.99. The molecule has 2 rings (SSSR count). The van der Waals surface area contributed by atoms with Crippen molar-refractivity contribution in [2.75, 3.05) is 20.0 Å². The fraction of sp³-hybridized carbons (Fsp3) is 0.381. The number of aryl methyl sites for hydroxylation is 1. The molecule has 0 aliphatic heterocycles. The van der Waals surface area contributed by atoms with Crippen LogP contribution in [0.3, 0.4) is 0 Å². The number of rotatable bonds is 9. The van der Waals surface area contributed by atoms with Crippen LogP contribution in [0.2, 0.25) is 0 Å². The second kappa shape index (κ2) is 10.1. The van der Waals surface area contributed by atoms with Crippen LogP contribution in [-0.2, 0) is 10.5 Å². The Labute approximate surface area is 160 Å². The molecule has 0 spiro atoms. The molecule has 2 aromatic carbocycles. The van der Waals surface area contributed by atoms with E-state index in [2.05, 4.69) is 43.4 Å². The first kappa shape index (κ1) is 20.2. The maximum Gasteiger partial charge on any atom is 0.230 e. The van der Waals surface area contributed by atoms with Gasteiger partial charge in [0.25, 0.3) is 0 Å². The third-order valence-electron chi connectivity index (χ3n) is 4.18. The Hall–Kier alpha value is -2.14. The topological polar surface area (TPSA) is 47.6 Å². The lowest BCUT2D eigenvalue weighted by molar-refractivity contribution is -0.119. The largest absolute Gasteiger partial charge is 0.493 e. The van der Waals surface area contributed by atoms with Crippen molar-refractivity contribution in [3.63, 3.8) is 0 Å². The summed E-state index contributed by atoms with van der Waals surface area (Å²) in [5.74, 6) is 2.68. The number of ether oxygens (including phenoxy) is 2. The quantitative estimate of drug-likeness (QED) is 0.702. The maximum atomic E-state index is 12.3. The summed E-state index contributed by atoms with van der Waals surface area (Å²) in [6.45, 7) is 4.13. The summed E-state index contributed by atoms with van der Waals surface area (Å²) in [4.78, 5) is 12.3. The highest BCUT2D eigenvalue weighted by Gasteiger charge is 2.15. The van der Waals surface area contributed by atoms with Gasteiger partial charge in [-0.3, -0.25) is 4.79 Å². The molecule has 0 saturated carbocycles. The minimum atomic E-state index is -0.0396. The Morgan fingerprint density at radius 3 is 2.38 bits per heavy atom. The minimum absolute atomic E-state index is 0.0396. The number of benzene rings is 2. The SMILES string of the molecule is CC[C@H](NC(=O)CSCc1ccc(C)cc1)c1ccc(OC)c(OC)c1. The van der Waals surface area contributed by atoms with Crippen molar-refractivity contribution in [3.05, 3.63) is 59.2 Å². The number of thioether (sulfide) groups is 1. The summed E-state index contributed by atoms with van der Waals surface area (Å²) >= 11 is 1.62. The molecule has 140 valence electrons. The van der Waals surface area contributed by atoms with Crippen molar-refractivity contribution in [2.24, 2.45) is 0 Å². The van der Waals surface area contributed by atoms with Crippen molar-refractivity contribution in [3.8, 4) is 11.5 Å². The lowest BCUT2D eigenvalue weighted by Gasteiger charge is -2.19. The first-order chi connectivity index (χ1) is 12.6. The van der Waals surface area contributed by atoms with Gasteiger partial charge in [-0.1, -0.05) is 42.8 Å². The second-order valence-electron chi connectivity index (χ2n) is 6.12. The number of hydrogen-bond acceptors (Lipinski definition) is 4. The van der Waals surface area contributed by atoms with Gasteiger partial charge >= 0.3 is 0 Å². The molecule has 0 unspecified atom stereocenters. The number of amides is 1. The number of carbonyl (C=O) groups is 1. The Morgan fingerprint density at radius 1 is 1.08 bits per heavy atom. The van der Waals surface area contributed by atoms with Gasteiger partial charge in [-0.25, -0.2) is 0 Å². The Balaban J connectivity index is 1.90. The fourth-order valence-electron chi connectivity index (χ4n) is 2.67. The molecule has 0 aliphatic rings. The first-order valence-corrected chi connectivity index (χ1v) is 9.87.